The van der Waals surface area contributed by atoms with E-state index in [9.17, 15) is 0 Å². The summed E-state index contributed by atoms with van der Waals surface area (Å²) in [5, 5.41) is 0. The monoisotopic (exact) mass is 184 g/mol. The highest BCUT2D eigenvalue weighted by Gasteiger charge is 2.17. The highest BCUT2D eigenvalue weighted by molar-refractivity contribution is 4.75. The molecule has 1 aliphatic rings. The maximum atomic E-state index is 5.98. The van der Waals surface area contributed by atoms with Crippen molar-refractivity contribution in [3.05, 3.63) is 0 Å². The lowest BCUT2D eigenvalue weighted by Gasteiger charge is -2.29. The van der Waals surface area contributed by atoms with Gasteiger partial charge in [0.15, 0.2) is 0 Å². The van der Waals surface area contributed by atoms with Gasteiger partial charge in [0.05, 0.1) is 0 Å². The molecule has 2 atom stereocenters. The molecule has 0 radical (unpaired) electrons. The number of nitrogens with two attached hydrogens (primary N) is 1. The second-order valence-electron chi connectivity index (χ2n) is 4.36. The van der Waals surface area contributed by atoms with Gasteiger partial charge in [0, 0.05) is 18.6 Å². The third kappa shape index (κ3) is 3.65. The molecule has 1 aliphatic heterocycles. The summed E-state index contributed by atoms with van der Waals surface area (Å²) in [4.78, 5) is 2.57. The fourth-order valence-corrected chi connectivity index (χ4v) is 2.04. The SMILES string of the molecule is CC[C@H](N)CN1CCCCCC1C. The first-order valence-corrected chi connectivity index (χ1v) is 5.73. The van der Waals surface area contributed by atoms with Crippen molar-refractivity contribution in [1.29, 1.82) is 0 Å². The topological polar surface area (TPSA) is 29.3 Å². The predicted octanol–water partition coefficient (Wildman–Crippen LogP) is 1.99. The van der Waals surface area contributed by atoms with E-state index in [4.69, 9.17) is 5.73 Å². The predicted molar refractivity (Wildman–Crippen MR) is 57.8 cm³/mol. The van der Waals surface area contributed by atoms with E-state index in [1.165, 1.54) is 32.2 Å². The molecule has 0 aliphatic carbocycles. The zero-order valence-corrected chi connectivity index (χ0v) is 9.13. The number of hydrogen-bond donors (Lipinski definition) is 1. The first-order chi connectivity index (χ1) is 6.24. The minimum Gasteiger partial charge on any atom is -0.327 e. The Bertz CT molecular complexity index is 136. The molecular formula is C11H24N2. The van der Waals surface area contributed by atoms with Gasteiger partial charge >= 0.3 is 0 Å². The van der Waals surface area contributed by atoms with Crippen LogP contribution in [0.4, 0.5) is 0 Å². The first-order valence-electron chi connectivity index (χ1n) is 5.73. The van der Waals surface area contributed by atoms with Gasteiger partial charge in [-0.1, -0.05) is 19.8 Å². The Balaban J connectivity index is 2.35. The van der Waals surface area contributed by atoms with Crippen LogP contribution in [0.25, 0.3) is 0 Å². The Kier molecular flexibility index (Phi) is 4.74. The van der Waals surface area contributed by atoms with Gasteiger partial charge in [-0.25, -0.2) is 0 Å². The van der Waals surface area contributed by atoms with Crippen molar-refractivity contribution in [2.75, 3.05) is 13.1 Å². The van der Waals surface area contributed by atoms with E-state index in [-0.39, 0.29) is 0 Å². The molecular weight excluding hydrogens is 160 g/mol. The molecule has 1 unspecified atom stereocenters. The summed E-state index contributed by atoms with van der Waals surface area (Å²) in [7, 11) is 0. The third-order valence-corrected chi connectivity index (χ3v) is 3.18. The van der Waals surface area contributed by atoms with E-state index in [0.29, 0.717) is 6.04 Å². The standard InChI is InChI=1S/C11H24N2/c1-3-11(12)9-13-8-6-4-5-7-10(13)2/h10-11H,3-9,12H2,1-2H3/t10?,11-/m0/s1. The quantitative estimate of drug-likeness (QED) is 0.727. The molecule has 1 saturated heterocycles. The molecule has 2 N–H and O–H groups in total. The molecule has 13 heavy (non-hydrogen) atoms. The summed E-state index contributed by atoms with van der Waals surface area (Å²) < 4.78 is 0. The molecule has 0 bridgehead atoms. The Morgan fingerprint density at radius 2 is 2.15 bits per heavy atom. The van der Waals surface area contributed by atoms with Gasteiger partial charge in [-0.05, 0) is 32.7 Å². The highest BCUT2D eigenvalue weighted by Crippen LogP contribution is 2.16. The zero-order chi connectivity index (χ0) is 9.68. The summed E-state index contributed by atoms with van der Waals surface area (Å²) in [6.07, 6.45) is 6.63. The van der Waals surface area contributed by atoms with Gasteiger partial charge in [0.25, 0.3) is 0 Å². The van der Waals surface area contributed by atoms with Crippen LogP contribution in [-0.4, -0.2) is 30.1 Å². The second kappa shape index (κ2) is 5.61. The van der Waals surface area contributed by atoms with E-state index < -0.39 is 0 Å². The van der Waals surface area contributed by atoms with Crippen molar-refractivity contribution in [2.24, 2.45) is 5.73 Å². The van der Waals surface area contributed by atoms with Crippen molar-refractivity contribution in [2.45, 2.75) is 58.0 Å². The molecule has 78 valence electrons. The molecule has 2 nitrogen and oxygen atoms in total. The van der Waals surface area contributed by atoms with Gasteiger partial charge in [0.1, 0.15) is 0 Å². The van der Waals surface area contributed by atoms with Crippen LogP contribution in [0.1, 0.15) is 46.0 Å². The number of likely N-dealkylation sites (tertiary alicyclic amines) is 1. The largest absolute Gasteiger partial charge is 0.327 e. The summed E-state index contributed by atoms with van der Waals surface area (Å²) in [6, 6.07) is 1.13. The molecule has 2 heteroatoms. The fourth-order valence-electron chi connectivity index (χ4n) is 2.04. The first kappa shape index (κ1) is 11.0. The maximum Gasteiger partial charge on any atom is 0.0165 e. The highest BCUT2D eigenvalue weighted by atomic mass is 15.2. The molecule has 0 saturated carbocycles. The van der Waals surface area contributed by atoms with Crippen LogP contribution in [0.3, 0.4) is 0 Å². The van der Waals surface area contributed by atoms with Crippen molar-refractivity contribution in [3.63, 3.8) is 0 Å². The van der Waals surface area contributed by atoms with Crippen LogP contribution in [0.5, 0.6) is 0 Å². The van der Waals surface area contributed by atoms with E-state index >= 15 is 0 Å². The van der Waals surface area contributed by atoms with E-state index in [1.54, 1.807) is 0 Å². The molecule has 0 spiro atoms. The molecule has 1 heterocycles. The van der Waals surface area contributed by atoms with E-state index in [0.717, 1.165) is 19.0 Å². The van der Waals surface area contributed by atoms with Crippen LogP contribution in [0.15, 0.2) is 0 Å². The lowest BCUT2D eigenvalue weighted by Crippen LogP contribution is -2.41. The summed E-state index contributed by atoms with van der Waals surface area (Å²) in [6.45, 7) is 6.87. The normalized spacial score (nSPS) is 28.4. The minimum atomic E-state index is 0.376. The summed E-state index contributed by atoms with van der Waals surface area (Å²) in [5.74, 6) is 0. The number of nitrogens with zero attached hydrogens (tertiary/aromatic N) is 1. The fraction of sp³-hybridized carbons (Fsp3) is 1.00. The Labute approximate surface area is 82.5 Å². The summed E-state index contributed by atoms with van der Waals surface area (Å²) >= 11 is 0. The van der Waals surface area contributed by atoms with Gasteiger partial charge in [-0.3, -0.25) is 4.90 Å². The van der Waals surface area contributed by atoms with E-state index in [2.05, 4.69) is 18.7 Å². The second-order valence-corrected chi connectivity index (χ2v) is 4.36. The van der Waals surface area contributed by atoms with Crippen molar-refractivity contribution < 1.29 is 0 Å². The van der Waals surface area contributed by atoms with Gasteiger partial charge < -0.3 is 5.73 Å². The molecule has 1 rings (SSSR count). The average molecular weight is 184 g/mol. The summed E-state index contributed by atoms with van der Waals surface area (Å²) in [5.41, 5.74) is 5.98. The van der Waals surface area contributed by atoms with Gasteiger partial charge in [0.2, 0.25) is 0 Å². The van der Waals surface area contributed by atoms with Gasteiger partial charge in [-0.2, -0.15) is 0 Å². The van der Waals surface area contributed by atoms with E-state index in [1.807, 2.05) is 0 Å². The Morgan fingerprint density at radius 1 is 1.38 bits per heavy atom. The number of hydrogen-bond acceptors (Lipinski definition) is 2. The minimum absolute atomic E-state index is 0.376. The van der Waals surface area contributed by atoms with Crippen LogP contribution < -0.4 is 5.73 Å². The Hall–Kier alpha value is -0.0800. The molecule has 0 aromatic heterocycles. The maximum absolute atomic E-state index is 5.98. The van der Waals surface area contributed by atoms with Crippen molar-refractivity contribution in [1.82, 2.24) is 4.90 Å². The number of rotatable bonds is 3. The zero-order valence-electron chi connectivity index (χ0n) is 9.13. The van der Waals surface area contributed by atoms with Crippen LogP contribution >= 0.6 is 0 Å². The van der Waals surface area contributed by atoms with Crippen molar-refractivity contribution >= 4 is 0 Å². The van der Waals surface area contributed by atoms with Crippen LogP contribution in [-0.2, 0) is 0 Å². The smallest absolute Gasteiger partial charge is 0.0165 e. The molecule has 1 fully saturated rings. The van der Waals surface area contributed by atoms with Crippen LogP contribution in [0, 0.1) is 0 Å². The average Bonchev–Trinajstić information content (AvgIpc) is 2.32. The van der Waals surface area contributed by atoms with Crippen LogP contribution in [0.2, 0.25) is 0 Å². The van der Waals surface area contributed by atoms with Crippen molar-refractivity contribution in [3.8, 4) is 0 Å². The molecule has 0 aromatic rings. The third-order valence-electron chi connectivity index (χ3n) is 3.18. The Morgan fingerprint density at radius 3 is 2.85 bits per heavy atom. The van der Waals surface area contributed by atoms with Gasteiger partial charge in [-0.15, -0.1) is 0 Å². The molecule has 0 aromatic carbocycles. The lowest BCUT2D eigenvalue weighted by molar-refractivity contribution is 0.199. The lowest BCUT2D eigenvalue weighted by atomic mass is 10.1. The molecule has 0 amide bonds.